The standard InChI is InChI=1S/C10H15N3O/c1-14-8-6-12-10(13-7-8)9-4-2-3-5-11-9/h6-7,9,11H,2-5H2,1H3. The van der Waals surface area contributed by atoms with Gasteiger partial charge in [-0.05, 0) is 19.4 Å². The van der Waals surface area contributed by atoms with Gasteiger partial charge in [0.15, 0.2) is 5.75 Å². The first-order chi connectivity index (χ1) is 6.90. The van der Waals surface area contributed by atoms with E-state index in [1.165, 1.54) is 12.8 Å². The quantitative estimate of drug-likeness (QED) is 0.769. The van der Waals surface area contributed by atoms with Crippen molar-refractivity contribution in [3.8, 4) is 5.75 Å². The number of ether oxygens (including phenoxy) is 1. The summed E-state index contributed by atoms with van der Waals surface area (Å²) < 4.78 is 5.01. The van der Waals surface area contributed by atoms with Gasteiger partial charge in [0, 0.05) is 0 Å². The van der Waals surface area contributed by atoms with Crippen LogP contribution < -0.4 is 10.1 Å². The smallest absolute Gasteiger partial charge is 0.155 e. The van der Waals surface area contributed by atoms with Gasteiger partial charge in [0.1, 0.15) is 5.82 Å². The van der Waals surface area contributed by atoms with E-state index in [0.29, 0.717) is 11.8 Å². The fraction of sp³-hybridized carbons (Fsp3) is 0.600. The Kier molecular flexibility index (Phi) is 2.93. The summed E-state index contributed by atoms with van der Waals surface area (Å²) in [6, 6.07) is 0.328. The molecule has 0 aromatic carbocycles. The van der Waals surface area contributed by atoms with Gasteiger partial charge in [-0.1, -0.05) is 6.42 Å². The molecule has 1 N–H and O–H groups in total. The van der Waals surface area contributed by atoms with E-state index in [1.54, 1.807) is 19.5 Å². The highest BCUT2D eigenvalue weighted by molar-refractivity contribution is 5.13. The minimum absolute atomic E-state index is 0.328. The van der Waals surface area contributed by atoms with Crippen LogP contribution in [0.15, 0.2) is 12.4 Å². The summed E-state index contributed by atoms with van der Waals surface area (Å²) in [5, 5.41) is 3.41. The van der Waals surface area contributed by atoms with Gasteiger partial charge in [0.2, 0.25) is 0 Å². The summed E-state index contributed by atoms with van der Waals surface area (Å²) in [4.78, 5) is 8.55. The van der Waals surface area contributed by atoms with Crippen molar-refractivity contribution >= 4 is 0 Å². The first kappa shape index (κ1) is 9.40. The van der Waals surface area contributed by atoms with Crippen LogP contribution in [0.2, 0.25) is 0 Å². The molecule has 1 aliphatic heterocycles. The largest absolute Gasteiger partial charge is 0.494 e. The van der Waals surface area contributed by atoms with Gasteiger partial charge < -0.3 is 10.1 Å². The summed E-state index contributed by atoms with van der Waals surface area (Å²) >= 11 is 0. The van der Waals surface area contributed by atoms with Crippen LogP contribution in [-0.4, -0.2) is 23.6 Å². The summed E-state index contributed by atoms with van der Waals surface area (Å²) in [7, 11) is 1.62. The molecule has 1 unspecified atom stereocenters. The predicted molar refractivity (Wildman–Crippen MR) is 53.2 cm³/mol. The number of methoxy groups -OCH3 is 1. The molecule has 0 bridgehead atoms. The fourth-order valence-corrected chi connectivity index (χ4v) is 1.68. The zero-order chi connectivity index (χ0) is 9.80. The number of piperidine rings is 1. The number of hydrogen-bond acceptors (Lipinski definition) is 4. The van der Waals surface area contributed by atoms with Crippen molar-refractivity contribution in [3.63, 3.8) is 0 Å². The maximum atomic E-state index is 5.01. The monoisotopic (exact) mass is 193 g/mol. The summed E-state index contributed by atoms with van der Waals surface area (Å²) in [5.41, 5.74) is 0. The van der Waals surface area contributed by atoms with Gasteiger partial charge in [-0.2, -0.15) is 0 Å². The number of hydrogen-bond donors (Lipinski definition) is 1. The zero-order valence-electron chi connectivity index (χ0n) is 8.36. The van der Waals surface area contributed by atoms with Crippen LogP contribution >= 0.6 is 0 Å². The van der Waals surface area contributed by atoms with Crippen molar-refractivity contribution in [2.45, 2.75) is 25.3 Å². The second kappa shape index (κ2) is 4.37. The molecule has 0 radical (unpaired) electrons. The van der Waals surface area contributed by atoms with Gasteiger partial charge >= 0.3 is 0 Å². The lowest BCUT2D eigenvalue weighted by Crippen LogP contribution is -2.28. The molecule has 0 amide bonds. The average molecular weight is 193 g/mol. The lowest BCUT2D eigenvalue weighted by Gasteiger charge is -2.21. The molecule has 0 saturated carbocycles. The van der Waals surface area contributed by atoms with E-state index < -0.39 is 0 Å². The first-order valence-corrected chi connectivity index (χ1v) is 4.99. The SMILES string of the molecule is COc1cnc(C2CCCCN2)nc1. The lowest BCUT2D eigenvalue weighted by molar-refractivity contribution is 0.388. The third-order valence-electron chi connectivity index (χ3n) is 2.51. The van der Waals surface area contributed by atoms with Crippen molar-refractivity contribution in [2.24, 2.45) is 0 Å². The minimum Gasteiger partial charge on any atom is -0.494 e. The highest BCUT2D eigenvalue weighted by Gasteiger charge is 2.16. The maximum absolute atomic E-state index is 5.01. The van der Waals surface area contributed by atoms with Crippen molar-refractivity contribution in [1.82, 2.24) is 15.3 Å². The van der Waals surface area contributed by atoms with Crippen molar-refractivity contribution in [3.05, 3.63) is 18.2 Å². The molecular formula is C10H15N3O. The van der Waals surface area contributed by atoms with Gasteiger partial charge in [0.25, 0.3) is 0 Å². The van der Waals surface area contributed by atoms with Gasteiger partial charge in [0.05, 0.1) is 25.5 Å². The number of rotatable bonds is 2. The molecular weight excluding hydrogens is 178 g/mol. The maximum Gasteiger partial charge on any atom is 0.155 e. The molecule has 4 nitrogen and oxygen atoms in total. The summed E-state index contributed by atoms with van der Waals surface area (Å²) in [6.07, 6.45) is 7.09. The number of aromatic nitrogens is 2. The third kappa shape index (κ3) is 2.01. The zero-order valence-corrected chi connectivity index (χ0v) is 8.36. The van der Waals surface area contributed by atoms with Crippen LogP contribution in [0.25, 0.3) is 0 Å². The number of nitrogens with one attached hydrogen (secondary N) is 1. The summed E-state index contributed by atoms with van der Waals surface area (Å²) in [5.74, 6) is 1.59. The van der Waals surface area contributed by atoms with E-state index in [1.807, 2.05) is 0 Å². The molecule has 14 heavy (non-hydrogen) atoms. The van der Waals surface area contributed by atoms with E-state index in [2.05, 4.69) is 15.3 Å². The Morgan fingerprint density at radius 1 is 1.36 bits per heavy atom. The normalized spacial score (nSPS) is 21.9. The Bertz CT molecular complexity index is 280. The Hall–Kier alpha value is -1.16. The van der Waals surface area contributed by atoms with E-state index in [0.717, 1.165) is 18.8 Å². The molecule has 1 aromatic heterocycles. The minimum atomic E-state index is 0.328. The van der Waals surface area contributed by atoms with Gasteiger partial charge in [-0.25, -0.2) is 9.97 Å². The van der Waals surface area contributed by atoms with Crippen LogP contribution in [0.5, 0.6) is 5.75 Å². The van der Waals surface area contributed by atoms with Crippen molar-refractivity contribution < 1.29 is 4.74 Å². The molecule has 0 aliphatic carbocycles. The van der Waals surface area contributed by atoms with Crippen LogP contribution in [0, 0.1) is 0 Å². The molecule has 0 spiro atoms. The lowest BCUT2D eigenvalue weighted by atomic mass is 10.0. The molecule has 4 heteroatoms. The van der Waals surface area contributed by atoms with Gasteiger partial charge in [-0.3, -0.25) is 0 Å². The Morgan fingerprint density at radius 3 is 2.71 bits per heavy atom. The van der Waals surface area contributed by atoms with E-state index in [-0.39, 0.29) is 0 Å². The van der Waals surface area contributed by atoms with Crippen LogP contribution in [0.4, 0.5) is 0 Å². The Balaban J connectivity index is 2.07. The molecule has 2 rings (SSSR count). The van der Waals surface area contributed by atoms with E-state index >= 15 is 0 Å². The molecule has 76 valence electrons. The van der Waals surface area contributed by atoms with E-state index in [9.17, 15) is 0 Å². The first-order valence-electron chi connectivity index (χ1n) is 4.99. The predicted octanol–water partition coefficient (Wildman–Crippen LogP) is 1.30. The fourth-order valence-electron chi connectivity index (χ4n) is 1.68. The third-order valence-corrected chi connectivity index (χ3v) is 2.51. The van der Waals surface area contributed by atoms with Crippen LogP contribution in [-0.2, 0) is 0 Å². The van der Waals surface area contributed by atoms with Crippen molar-refractivity contribution in [1.29, 1.82) is 0 Å². The Morgan fingerprint density at radius 2 is 2.14 bits per heavy atom. The molecule has 1 aromatic rings. The second-order valence-corrected chi connectivity index (χ2v) is 3.48. The molecule has 1 aliphatic rings. The van der Waals surface area contributed by atoms with Crippen LogP contribution in [0.1, 0.15) is 31.1 Å². The number of nitrogens with zero attached hydrogens (tertiary/aromatic N) is 2. The topological polar surface area (TPSA) is 47.0 Å². The molecule has 2 heterocycles. The second-order valence-electron chi connectivity index (χ2n) is 3.48. The average Bonchev–Trinajstić information content (AvgIpc) is 2.30. The molecule has 1 atom stereocenters. The molecule has 1 fully saturated rings. The highest BCUT2D eigenvalue weighted by atomic mass is 16.5. The Labute approximate surface area is 83.7 Å². The van der Waals surface area contributed by atoms with Crippen molar-refractivity contribution in [2.75, 3.05) is 13.7 Å². The highest BCUT2D eigenvalue weighted by Crippen LogP contribution is 2.20. The van der Waals surface area contributed by atoms with Gasteiger partial charge in [-0.15, -0.1) is 0 Å². The van der Waals surface area contributed by atoms with Crippen LogP contribution in [0.3, 0.4) is 0 Å². The molecule has 1 saturated heterocycles. The van der Waals surface area contributed by atoms with E-state index in [4.69, 9.17) is 4.74 Å². The summed E-state index contributed by atoms with van der Waals surface area (Å²) in [6.45, 7) is 1.07.